The number of aliphatic carboxylic acids is 1. The Labute approximate surface area is 215 Å². The first-order valence-electron chi connectivity index (χ1n) is 12.4. The average molecular weight is 533 g/mol. The summed E-state index contributed by atoms with van der Waals surface area (Å²) in [5.41, 5.74) is 0.283. The Morgan fingerprint density at radius 2 is 1.89 bits per heavy atom. The van der Waals surface area contributed by atoms with Gasteiger partial charge in [0.1, 0.15) is 11.7 Å². The summed E-state index contributed by atoms with van der Waals surface area (Å²) in [6.07, 6.45) is 3.84. The highest BCUT2D eigenvalue weighted by atomic mass is 32.2. The second-order valence-corrected chi connectivity index (χ2v) is 11.0. The van der Waals surface area contributed by atoms with Crippen molar-refractivity contribution in [2.75, 3.05) is 32.7 Å². The highest BCUT2D eigenvalue weighted by Gasteiger charge is 2.29. The van der Waals surface area contributed by atoms with Crippen molar-refractivity contribution < 1.29 is 27.9 Å². The molecule has 1 fully saturated rings. The molecule has 0 aliphatic carbocycles. The van der Waals surface area contributed by atoms with Crippen LogP contribution in [0.1, 0.15) is 46.7 Å². The number of hydrogen-bond donors (Lipinski definition) is 4. The Balaban J connectivity index is 1.38. The smallest absolute Gasteiger partial charge is 0.323 e. The molecule has 2 aliphatic rings. The van der Waals surface area contributed by atoms with E-state index >= 15 is 0 Å². The lowest BCUT2D eigenvalue weighted by Gasteiger charge is -2.26. The monoisotopic (exact) mass is 532 g/mol. The summed E-state index contributed by atoms with van der Waals surface area (Å²) in [7, 11) is -4.11. The molecular formula is C24H32N6O6S. The molecular weight excluding hydrogens is 500 g/mol. The molecule has 1 aromatic carbocycles. The summed E-state index contributed by atoms with van der Waals surface area (Å²) in [5.74, 6) is -1.73. The molecule has 0 spiro atoms. The Morgan fingerprint density at radius 3 is 2.59 bits per heavy atom. The topological polar surface area (TPSA) is 163 Å². The minimum Gasteiger partial charge on any atom is -0.480 e. The van der Waals surface area contributed by atoms with Crippen molar-refractivity contribution >= 4 is 27.8 Å². The SMILES string of the molecule is O=C(NC[C@H](NS(=O)(=O)c1ccccc1)C(=O)O)c1cc2n(n1)CCCN(CCC1CCNCC1)C2=O. The van der Waals surface area contributed by atoms with Gasteiger partial charge in [0, 0.05) is 32.2 Å². The fraction of sp³-hybridized carbons (Fsp3) is 0.500. The number of rotatable bonds is 10. The van der Waals surface area contributed by atoms with Crippen LogP contribution in [0.5, 0.6) is 0 Å². The zero-order valence-corrected chi connectivity index (χ0v) is 21.2. The molecule has 0 saturated carbocycles. The maximum atomic E-state index is 13.2. The first-order valence-corrected chi connectivity index (χ1v) is 13.9. The molecule has 13 heteroatoms. The number of piperidine rings is 1. The van der Waals surface area contributed by atoms with E-state index < -0.39 is 34.5 Å². The van der Waals surface area contributed by atoms with Gasteiger partial charge in [0.25, 0.3) is 11.8 Å². The van der Waals surface area contributed by atoms with E-state index in [1.807, 2.05) is 4.90 Å². The van der Waals surface area contributed by atoms with Crippen LogP contribution in [0.25, 0.3) is 0 Å². The number of nitrogens with one attached hydrogen (secondary N) is 3. The largest absolute Gasteiger partial charge is 0.480 e. The molecule has 2 aromatic rings. The standard InChI is InChI=1S/C24H32N6O6S/c31-22(26-16-20(24(33)34)28-37(35,36)18-5-2-1-3-6-18)19-15-21-23(32)29(12-4-13-30(21)27-19)14-9-17-7-10-25-11-8-17/h1-3,5-6,15,17,20,25,28H,4,7-14,16H2,(H,26,31)(H,33,34)/t20-/m0/s1. The van der Waals surface area contributed by atoms with Gasteiger partial charge in [-0.15, -0.1) is 0 Å². The first kappa shape index (κ1) is 26.8. The lowest BCUT2D eigenvalue weighted by molar-refractivity contribution is -0.138. The van der Waals surface area contributed by atoms with Gasteiger partial charge < -0.3 is 20.6 Å². The summed E-state index contributed by atoms with van der Waals surface area (Å²) in [5, 5.41) is 19.5. The van der Waals surface area contributed by atoms with E-state index in [0.717, 1.165) is 32.4 Å². The van der Waals surface area contributed by atoms with Gasteiger partial charge in [-0.05, 0) is 56.8 Å². The van der Waals surface area contributed by atoms with Gasteiger partial charge in [-0.1, -0.05) is 18.2 Å². The van der Waals surface area contributed by atoms with E-state index in [-0.39, 0.29) is 16.5 Å². The van der Waals surface area contributed by atoms with Gasteiger partial charge in [-0.3, -0.25) is 19.1 Å². The molecule has 12 nitrogen and oxygen atoms in total. The van der Waals surface area contributed by atoms with Crippen LogP contribution in [-0.4, -0.2) is 84.8 Å². The molecule has 200 valence electrons. The van der Waals surface area contributed by atoms with Gasteiger partial charge >= 0.3 is 5.97 Å². The maximum Gasteiger partial charge on any atom is 0.323 e. The summed E-state index contributed by atoms with van der Waals surface area (Å²) in [6, 6.07) is 7.16. The number of carbonyl (C=O) groups excluding carboxylic acids is 2. The van der Waals surface area contributed by atoms with Crippen molar-refractivity contribution in [3.8, 4) is 0 Å². The predicted octanol–water partition coefficient (Wildman–Crippen LogP) is 0.280. The number of aromatic nitrogens is 2. The molecule has 0 unspecified atom stereocenters. The average Bonchev–Trinajstić information content (AvgIpc) is 3.27. The molecule has 37 heavy (non-hydrogen) atoms. The van der Waals surface area contributed by atoms with Crippen LogP contribution >= 0.6 is 0 Å². The molecule has 3 heterocycles. The predicted molar refractivity (Wildman–Crippen MR) is 133 cm³/mol. The van der Waals surface area contributed by atoms with Gasteiger partial charge in [-0.2, -0.15) is 9.82 Å². The van der Waals surface area contributed by atoms with Crippen molar-refractivity contribution in [3.63, 3.8) is 0 Å². The molecule has 0 radical (unpaired) electrons. The lowest BCUT2D eigenvalue weighted by Crippen LogP contribution is -2.48. The van der Waals surface area contributed by atoms with Crippen molar-refractivity contribution in [1.82, 2.24) is 30.0 Å². The van der Waals surface area contributed by atoms with Gasteiger partial charge in [0.05, 0.1) is 4.90 Å². The fourth-order valence-corrected chi connectivity index (χ4v) is 5.80. The fourth-order valence-electron chi connectivity index (χ4n) is 4.59. The minimum absolute atomic E-state index is 0.0291. The van der Waals surface area contributed by atoms with E-state index in [9.17, 15) is 27.9 Å². The van der Waals surface area contributed by atoms with Crippen LogP contribution in [0, 0.1) is 5.92 Å². The number of carboxylic acid groups (broad SMARTS) is 1. The number of sulfonamides is 1. The summed E-state index contributed by atoms with van der Waals surface area (Å²) in [4.78, 5) is 39.3. The van der Waals surface area contributed by atoms with E-state index in [4.69, 9.17) is 0 Å². The van der Waals surface area contributed by atoms with Crippen LogP contribution in [-0.2, 0) is 21.4 Å². The Morgan fingerprint density at radius 1 is 1.16 bits per heavy atom. The quantitative estimate of drug-likeness (QED) is 0.339. The number of carboxylic acids is 1. The highest BCUT2D eigenvalue weighted by Crippen LogP contribution is 2.19. The van der Waals surface area contributed by atoms with Crippen molar-refractivity contribution in [1.29, 1.82) is 0 Å². The number of aryl methyl sites for hydroxylation is 1. The van der Waals surface area contributed by atoms with Crippen LogP contribution in [0.4, 0.5) is 0 Å². The number of amides is 2. The highest BCUT2D eigenvalue weighted by molar-refractivity contribution is 7.89. The zero-order chi connectivity index (χ0) is 26.4. The van der Waals surface area contributed by atoms with Crippen molar-refractivity contribution in [2.24, 2.45) is 5.92 Å². The number of nitrogens with zero attached hydrogens (tertiary/aromatic N) is 3. The Hall–Kier alpha value is -3.29. The second kappa shape index (κ2) is 11.8. The molecule has 2 amide bonds. The molecule has 0 bridgehead atoms. The molecule has 4 rings (SSSR count). The maximum absolute atomic E-state index is 13.2. The zero-order valence-electron chi connectivity index (χ0n) is 20.4. The first-order chi connectivity index (χ1) is 17.7. The third kappa shape index (κ3) is 6.73. The molecule has 1 atom stereocenters. The van der Waals surface area contributed by atoms with Crippen molar-refractivity contribution in [3.05, 3.63) is 47.8 Å². The normalized spacial score (nSPS) is 17.6. The summed E-state index contributed by atoms with van der Waals surface area (Å²) < 4.78 is 28.6. The van der Waals surface area contributed by atoms with Crippen LogP contribution in [0.3, 0.4) is 0 Å². The molecule has 4 N–H and O–H groups in total. The lowest BCUT2D eigenvalue weighted by atomic mass is 9.94. The van der Waals surface area contributed by atoms with Gasteiger partial charge in [0.2, 0.25) is 10.0 Å². The number of fused-ring (bicyclic) bond motifs is 1. The second-order valence-electron chi connectivity index (χ2n) is 9.30. The van der Waals surface area contributed by atoms with Crippen LogP contribution in [0.2, 0.25) is 0 Å². The number of hydrogen-bond acceptors (Lipinski definition) is 7. The van der Waals surface area contributed by atoms with Crippen LogP contribution in [0.15, 0.2) is 41.3 Å². The molecule has 1 saturated heterocycles. The van der Waals surface area contributed by atoms with Crippen molar-refractivity contribution in [2.45, 2.75) is 43.2 Å². The van der Waals surface area contributed by atoms with Gasteiger partial charge in [-0.25, -0.2) is 8.42 Å². The number of benzene rings is 1. The van der Waals surface area contributed by atoms with Gasteiger partial charge in [0.15, 0.2) is 5.69 Å². The third-order valence-electron chi connectivity index (χ3n) is 6.70. The van der Waals surface area contributed by atoms with E-state index in [0.29, 0.717) is 37.7 Å². The molecule has 2 aliphatic heterocycles. The van der Waals surface area contributed by atoms with E-state index in [1.54, 1.807) is 6.07 Å². The Kier molecular flexibility index (Phi) is 8.56. The van der Waals surface area contributed by atoms with Crippen LogP contribution < -0.4 is 15.4 Å². The third-order valence-corrected chi connectivity index (χ3v) is 8.19. The summed E-state index contributed by atoms with van der Waals surface area (Å²) >= 11 is 0. The van der Waals surface area contributed by atoms with E-state index in [1.165, 1.54) is 35.0 Å². The minimum atomic E-state index is -4.11. The summed E-state index contributed by atoms with van der Waals surface area (Å²) in [6.45, 7) is 3.25. The number of carbonyl (C=O) groups is 3. The molecule has 1 aromatic heterocycles. The Bertz CT molecular complexity index is 1230. The van der Waals surface area contributed by atoms with E-state index in [2.05, 4.69) is 20.5 Å².